The summed E-state index contributed by atoms with van der Waals surface area (Å²) in [5.41, 5.74) is 0.904. The molecular formula is C17H24N2O5. The van der Waals surface area contributed by atoms with Crippen molar-refractivity contribution in [3.05, 3.63) is 29.8 Å². The van der Waals surface area contributed by atoms with Crippen LogP contribution < -0.4 is 10.6 Å². The highest BCUT2D eigenvalue weighted by Crippen LogP contribution is 2.11. The summed E-state index contributed by atoms with van der Waals surface area (Å²) < 4.78 is 9.47. The van der Waals surface area contributed by atoms with Crippen molar-refractivity contribution in [2.75, 3.05) is 25.6 Å². The molecule has 132 valence electrons. The van der Waals surface area contributed by atoms with Gasteiger partial charge in [0.1, 0.15) is 0 Å². The van der Waals surface area contributed by atoms with Crippen LogP contribution in [0.1, 0.15) is 43.0 Å². The van der Waals surface area contributed by atoms with E-state index in [1.807, 2.05) is 0 Å². The molecule has 7 nitrogen and oxygen atoms in total. The van der Waals surface area contributed by atoms with Gasteiger partial charge in [0.2, 0.25) is 0 Å². The van der Waals surface area contributed by atoms with E-state index in [9.17, 15) is 14.4 Å². The lowest BCUT2D eigenvalue weighted by Crippen LogP contribution is -2.29. The fraction of sp³-hybridized carbons (Fsp3) is 0.471. The molecule has 0 bridgehead atoms. The Kier molecular flexibility index (Phi) is 8.96. The van der Waals surface area contributed by atoms with Crippen LogP contribution in [0.4, 0.5) is 10.5 Å². The van der Waals surface area contributed by atoms with E-state index in [4.69, 9.17) is 4.74 Å². The van der Waals surface area contributed by atoms with Crippen molar-refractivity contribution >= 4 is 23.7 Å². The van der Waals surface area contributed by atoms with Gasteiger partial charge in [-0.25, -0.2) is 9.59 Å². The Bertz CT molecular complexity index is 560. The van der Waals surface area contributed by atoms with Gasteiger partial charge in [-0.15, -0.1) is 0 Å². The molecule has 0 saturated carbocycles. The molecule has 0 radical (unpaired) electrons. The van der Waals surface area contributed by atoms with Crippen LogP contribution in [-0.2, 0) is 14.3 Å². The second kappa shape index (κ2) is 11.0. The van der Waals surface area contributed by atoms with Crippen LogP contribution in [0.15, 0.2) is 24.3 Å². The summed E-state index contributed by atoms with van der Waals surface area (Å²) in [4.78, 5) is 34.4. The van der Waals surface area contributed by atoms with Gasteiger partial charge in [-0.3, -0.25) is 4.79 Å². The Balaban J connectivity index is 2.29. The van der Waals surface area contributed by atoms with E-state index in [-0.39, 0.29) is 12.0 Å². The normalized spacial score (nSPS) is 9.92. The van der Waals surface area contributed by atoms with E-state index in [0.717, 1.165) is 19.3 Å². The van der Waals surface area contributed by atoms with E-state index < -0.39 is 5.97 Å². The number of rotatable bonds is 9. The van der Waals surface area contributed by atoms with E-state index in [1.165, 1.54) is 7.11 Å². The molecule has 1 aromatic carbocycles. The summed E-state index contributed by atoms with van der Waals surface area (Å²) >= 11 is 0. The minimum atomic E-state index is -0.424. The van der Waals surface area contributed by atoms with Crippen LogP contribution in [0, 0.1) is 0 Å². The maximum absolute atomic E-state index is 11.8. The standard InChI is InChI=1S/C17H24N2O5/c1-3-24-16(21)13-8-7-9-14(12-13)19-17(22)18-11-6-4-5-10-15(20)23-2/h7-9,12H,3-6,10-11H2,1-2H3,(H2,18,19,22). The van der Waals surface area contributed by atoms with Crippen molar-refractivity contribution < 1.29 is 23.9 Å². The zero-order valence-electron chi connectivity index (χ0n) is 14.1. The zero-order chi connectivity index (χ0) is 17.8. The van der Waals surface area contributed by atoms with Crippen LogP contribution in [0.3, 0.4) is 0 Å². The van der Waals surface area contributed by atoms with Gasteiger partial charge in [0.05, 0.1) is 19.3 Å². The summed E-state index contributed by atoms with van der Waals surface area (Å²) in [6.45, 7) is 2.54. The second-order valence-electron chi connectivity index (χ2n) is 5.07. The number of nitrogens with one attached hydrogen (secondary N) is 2. The highest BCUT2D eigenvalue weighted by atomic mass is 16.5. The summed E-state index contributed by atoms with van der Waals surface area (Å²) in [6, 6.07) is 6.22. The summed E-state index contributed by atoms with van der Waals surface area (Å²) in [5.74, 6) is -0.644. The number of esters is 2. The third kappa shape index (κ3) is 7.62. The van der Waals surface area contributed by atoms with Gasteiger partial charge in [0.25, 0.3) is 0 Å². The molecule has 1 aromatic rings. The molecule has 0 fully saturated rings. The van der Waals surface area contributed by atoms with E-state index >= 15 is 0 Å². The molecule has 0 unspecified atom stereocenters. The molecule has 0 aliphatic carbocycles. The molecule has 0 aliphatic rings. The molecule has 24 heavy (non-hydrogen) atoms. The highest BCUT2D eigenvalue weighted by molar-refractivity contribution is 5.93. The third-order valence-electron chi connectivity index (χ3n) is 3.20. The van der Waals surface area contributed by atoms with E-state index in [2.05, 4.69) is 15.4 Å². The van der Waals surface area contributed by atoms with Gasteiger partial charge in [0.15, 0.2) is 0 Å². The maximum atomic E-state index is 11.8. The number of carbonyl (C=O) groups excluding carboxylic acids is 3. The predicted octanol–water partition coefficient (Wildman–Crippen LogP) is 2.72. The molecule has 0 saturated heterocycles. The first-order valence-corrected chi connectivity index (χ1v) is 7.95. The Labute approximate surface area is 141 Å². The second-order valence-corrected chi connectivity index (χ2v) is 5.07. The molecule has 1 rings (SSSR count). The fourth-order valence-electron chi connectivity index (χ4n) is 1.99. The first-order chi connectivity index (χ1) is 11.6. The van der Waals surface area contributed by atoms with E-state index in [0.29, 0.717) is 30.8 Å². The Morgan fingerprint density at radius 2 is 1.92 bits per heavy atom. The Hall–Kier alpha value is -2.57. The van der Waals surface area contributed by atoms with Crippen LogP contribution in [0.25, 0.3) is 0 Å². The number of anilines is 1. The van der Waals surface area contributed by atoms with Gasteiger partial charge in [0, 0.05) is 18.7 Å². The quantitative estimate of drug-likeness (QED) is 0.534. The van der Waals surface area contributed by atoms with Crippen LogP contribution >= 0.6 is 0 Å². The third-order valence-corrected chi connectivity index (χ3v) is 3.20. The largest absolute Gasteiger partial charge is 0.469 e. The number of benzene rings is 1. The van der Waals surface area contributed by atoms with Gasteiger partial charge >= 0.3 is 18.0 Å². The lowest BCUT2D eigenvalue weighted by Gasteiger charge is -2.09. The topological polar surface area (TPSA) is 93.7 Å². The first-order valence-electron chi connectivity index (χ1n) is 7.95. The molecule has 2 amide bonds. The van der Waals surface area contributed by atoms with Gasteiger partial charge in [-0.1, -0.05) is 12.5 Å². The van der Waals surface area contributed by atoms with Crippen molar-refractivity contribution in [1.29, 1.82) is 0 Å². The minimum absolute atomic E-state index is 0.220. The Morgan fingerprint density at radius 1 is 1.12 bits per heavy atom. The zero-order valence-corrected chi connectivity index (χ0v) is 14.1. The lowest BCUT2D eigenvalue weighted by molar-refractivity contribution is -0.140. The van der Waals surface area contributed by atoms with E-state index in [1.54, 1.807) is 31.2 Å². The maximum Gasteiger partial charge on any atom is 0.338 e. The molecule has 0 atom stereocenters. The van der Waals surface area contributed by atoms with Crippen LogP contribution in [0.5, 0.6) is 0 Å². The number of carbonyl (C=O) groups is 3. The number of hydrogen-bond donors (Lipinski definition) is 2. The molecule has 2 N–H and O–H groups in total. The Morgan fingerprint density at radius 3 is 2.62 bits per heavy atom. The lowest BCUT2D eigenvalue weighted by atomic mass is 10.2. The summed E-state index contributed by atoms with van der Waals surface area (Å²) in [7, 11) is 1.37. The minimum Gasteiger partial charge on any atom is -0.469 e. The molecule has 0 aliphatic heterocycles. The first kappa shape index (κ1) is 19.5. The van der Waals surface area contributed by atoms with Crippen LogP contribution in [0.2, 0.25) is 0 Å². The predicted molar refractivity (Wildman–Crippen MR) is 89.9 cm³/mol. The molecular weight excluding hydrogens is 312 g/mol. The monoisotopic (exact) mass is 336 g/mol. The van der Waals surface area contributed by atoms with Gasteiger partial charge in [-0.05, 0) is 38.0 Å². The number of unbranched alkanes of at least 4 members (excludes halogenated alkanes) is 2. The van der Waals surface area contributed by atoms with Crippen LogP contribution in [-0.4, -0.2) is 38.2 Å². The smallest absolute Gasteiger partial charge is 0.338 e. The number of methoxy groups -OCH3 is 1. The van der Waals surface area contributed by atoms with Gasteiger partial charge < -0.3 is 20.1 Å². The average Bonchev–Trinajstić information content (AvgIpc) is 2.58. The average molecular weight is 336 g/mol. The number of amides is 2. The molecule has 0 aromatic heterocycles. The number of urea groups is 1. The SMILES string of the molecule is CCOC(=O)c1cccc(NC(=O)NCCCCCC(=O)OC)c1. The van der Waals surface area contributed by atoms with Crippen molar-refractivity contribution in [1.82, 2.24) is 5.32 Å². The van der Waals surface area contributed by atoms with Crippen molar-refractivity contribution in [3.63, 3.8) is 0 Å². The molecule has 0 spiro atoms. The summed E-state index contributed by atoms with van der Waals surface area (Å²) in [6.07, 6.45) is 2.72. The van der Waals surface area contributed by atoms with Crippen molar-refractivity contribution in [2.24, 2.45) is 0 Å². The van der Waals surface area contributed by atoms with Gasteiger partial charge in [-0.2, -0.15) is 0 Å². The number of hydrogen-bond acceptors (Lipinski definition) is 5. The fourth-order valence-corrected chi connectivity index (χ4v) is 1.99. The van der Waals surface area contributed by atoms with Crippen molar-refractivity contribution in [2.45, 2.75) is 32.6 Å². The molecule has 0 heterocycles. The van der Waals surface area contributed by atoms with Crippen molar-refractivity contribution in [3.8, 4) is 0 Å². The molecule has 7 heteroatoms. The summed E-state index contributed by atoms with van der Waals surface area (Å²) in [5, 5.41) is 5.39. The number of ether oxygens (including phenoxy) is 2. The highest BCUT2D eigenvalue weighted by Gasteiger charge is 2.08.